The zero-order chi connectivity index (χ0) is 27.6. The van der Waals surface area contributed by atoms with Gasteiger partial charge in [-0.1, -0.05) is 60.5 Å². The molecule has 9 nitrogen and oxygen atoms in total. The van der Waals surface area contributed by atoms with Crippen molar-refractivity contribution in [2.45, 2.75) is 18.2 Å². The van der Waals surface area contributed by atoms with Crippen molar-refractivity contribution >= 4 is 67.1 Å². The Hall–Kier alpha value is -3.70. The van der Waals surface area contributed by atoms with Gasteiger partial charge in [0, 0.05) is 10.4 Å². The number of halogens is 2. The van der Waals surface area contributed by atoms with E-state index in [2.05, 4.69) is 15.5 Å². The number of phenolic OH excluding ortho intramolecular Hbond substituents is 1. The molecule has 0 aliphatic rings. The number of nitrogens with zero attached hydrogens (tertiary/aromatic N) is 2. The lowest BCUT2D eigenvalue weighted by atomic mass is 10.0. The van der Waals surface area contributed by atoms with Gasteiger partial charge in [-0.15, -0.1) is 10.2 Å². The van der Waals surface area contributed by atoms with Crippen LogP contribution < -0.4 is 10.1 Å². The zero-order valence-corrected chi connectivity index (χ0v) is 22.4. The summed E-state index contributed by atoms with van der Waals surface area (Å²) < 4.78 is 39.3. The number of rotatable bonds is 7. The maximum atomic E-state index is 13.3. The van der Waals surface area contributed by atoms with Gasteiger partial charge < -0.3 is 15.2 Å². The highest BCUT2D eigenvalue weighted by Gasteiger charge is 2.23. The third-order valence-electron chi connectivity index (χ3n) is 5.68. The predicted octanol–water partition coefficient (Wildman–Crippen LogP) is 7.34. The van der Waals surface area contributed by atoms with E-state index in [0.717, 1.165) is 0 Å². The molecular formula is C26H21Cl2N3O6S. The topological polar surface area (TPSA) is 138 Å². The number of ether oxygens (including phenoxy) is 1. The van der Waals surface area contributed by atoms with E-state index in [1.165, 1.54) is 25.3 Å². The lowest BCUT2D eigenvalue weighted by Gasteiger charge is -2.14. The summed E-state index contributed by atoms with van der Waals surface area (Å²) in [7, 11) is -3.26. The molecule has 0 atom stereocenters. The number of hydrogen-bond donors (Lipinski definition) is 3. The zero-order valence-electron chi connectivity index (χ0n) is 20.1. The molecule has 4 rings (SSSR count). The second-order valence-electron chi connectivity index (χ2n) is 8.06. The first kappa shape index (κ1) is 27.3. The van der Waals surface area contributed by atoms with Crippen LogP contribution in [-0.2, 0) is 16.5 Å². The fourth-order valence-electron chi connectivity index (χ4n) is 3.94. The average molecular weight is 574 g/mol. The number of para-hydroxylation sites is 1. The minimum atomic E-state index is -4.68. The first-order valence-corrected chi connectivity index (χ1v) is 13.3. The van der Waals surface area contributed by atoms with Gasteiger partial charge in [0.1, 0.15) is 27.7 Å². The maximum absolute atomic E-state index is 13.3. The lowest BCUT2D eigenvalue weighted by molar-refractivity contribution is 0.102. The summed E-state index contributed by atoms with van der Waals surface area (Å²) in [5.74, 6) is -0.899. The molecule has 0 aliphatic carbocycles. The molecule has 0 bridgehead atoms. The normalized spacial score (nSPS) is 11.7. The summed E-state index contributed by atoms with van der Waals surface area (Å²) in [6.45, 7) is 1.69. The molecule has 1 amide bonds. The molecule has 0 radical (unpaired) electrons. The number of amides is 1. The molecule has 0 aromatic heterocycles. The van der Waals surface area contributed by atoms with Crippen molar-refractivity contribution in [2.24, 2.45) is 10.2 Å². The van der Waals surface area contributed by atoms with Crippen molar-refractivity contribution in [3.05, 3.63) is 81.8 Å². The quantitative estimate of drug-likeness (QED) is 0.156. The standard InChI is InChI=1S/C26H21Cl2N3O6S/c1-3-14-11-16(27)13-20(25(14)38(34,35)36)30-31-22-17-8-5-4-7-15(17)12-18(24(22)32)26(33)29-23-19(28)9-6-10-21(23)37-2/h4-13,32H,3H2,1-2H3,(H,29,33)(H,34,35,36). The Balaban J connectivity index is 1.87. The van der Waals surface area contributed by atoms with Gasteiger partial charge in [-0.25, -0.2) is 0 Å². The van der Waals surface area contributed by atoms with Crippen molar-refractivity contribution < 1.29 is 27.6 Å². The number of carbonyl (C=O) groups excluding carboxylic acids is 1. The van der Waals surface area contributed by atoms with Gasteiger partial charge in [0.15, 0.2) is 5.75 Å². The first-order valence-electron chi connectivity index (χ1n) is 11.1. The summed E-state index contributed by atoms with van der Waals surface area (Å²) >= 11 is 12.4. The number of azo groups is 1. The number of nitrogens with one attached hydrogen (secondary N) is 1. The molecular weight excluding hydrogens is 553 g/mol. The fraction of sp³-hybridized carbons (Fsp3) is 0.115. The van der Waals surface area contributed by atoms with Crippen LogP contribution in [0.3, 0.4) is 0 Å². The minimum absolute atomic E-state index is 0.0984. The van der Waals surface area contributed by atoms with Crippen molar-refractivity contribution in [3.63, 3.8) is 0 Å². The van der Waals surface area contributed by atoms with Crippen LogP contribution in [0.2, 0.25) is 10.0 Å². The molecule has 4 aromatic carbocycles. The smallest absolute Gasteiger partial charge is 0.297 e. The van der Waals surface area contributed by atoms with E-state index in [1.807, 2.05) is 0 Å². The number of phenols is 1. The molecule has 4 aromatic rings. The van der Waals surface area contributed by atoms with E-state index < -0.39 is 26.7 Å². The van der Waals surface area contributed by atoms with Gasteiger partial charge in [0.05, 0.1) is 17.7 Å². The van der Waals surface area contributed by atoms with Crippen LogP contribution in [0.4, 0.5) is 17.1 Å². The summed E-state index contributed by atoms with van der Waals surface area (Å²) in [6.07, 6.45) is 0.244. The van der Waals surface area contributed by atoms with Crippen molar-refractivity contribution in [2.75, 3.05) is 12.4 Å². The Bertz CT molecular complexity index is 1710. The van der Waals surface area contributed by atoms with E-state index in [4.69, 9.17) is 27.9 Å². The van der Waals surface area contributed by atoms with E-state index in [0.29, 0.717) is 16.5 Å². The van der Waals surface area contributed by atoms with Gasteiger partial charge >= 0.3 is 0 Å². The van der Waals surface area contributed by atoms with Gasteiger partial charge in [-0.2, -0.15) is 8.42 Å². The van der Waals surface area contributed by atoms with Gasteiger partial charge in [-0.3, -0.25) is 9.35 Å². The number of benzene rings is 4. The second kappa shape index (κ2) is 11.0. The number of anilines is 1. The Kier molecular flexibility index (Phi) is 7.89. The molecule has 0 saturated heterocycles. The average Bonchev–Trinajstić information content (AvgIpc) is 2.87. The van der Waals surface area contributed by atoms with Crippen LogP contribution in [-0.4, -0.2) is 31.1 Å². The van der Waals surface area contributed by atoms with Crippen LogP contribution in [0.1, 0.15) is 22.8 Å². The SMILES string of the molecule is CCc1cc(Cl)cc(N=Nc2c(O)c(C(=O)Nc3c(Cl)cccc3OC)cc3ccccc23)c1S(=O)(=O)O. The van der Waals surface area contributed by atoms with E-state index >= 15 is 0 Å². The number of aryl methyl sites for hydroxylation is 1. The van der Waals surface area contributed by atoms with Crippen molar-refractivity contribution in [1.29, 1.82) is 0 Å². The highest BCUT2D eigenvalue weighted by molar-refractivity contribution is 7.86. The lowest BCUT2D eigenvalue weighted by Crippen LogP contribution is -2.13. The Morgan fingerprint density at radius 1 is 1.05 bits per heavy atom. The number of hydrogen-bond acceptors (Lipinski definition) is 7. The largest absolute Gasteiger partial charge is 0.505 e. The monoisotopic (exact) mass is 573 g/mol. The molecule has 0 spiro atoms. The molecule has 0 aliphatic heterocycles. The molecule has 38 heavy (non-hydrogen) atoms. The van der Waals surface area contributed by atoms with Crippen LogP contribution in [0.5, 0.6) is 11.5 Å². The molecule has 0 unspecified atom stereocenters. The second-order valence-corrected chi connectivity index (χ2v) is 10.3. The third kappa shape index (κ3) is 5.44. The van der Waals surface area contributed by atoms with Crippen molar-refractivity contribution in [1.82, 2.24) is 0 Å². The third-order valence-corrected chi connectivity index (χ3v) is 7.20. The van der Waals surface area contributed by atoms with Crippen LogP contribution in [0.25, 0.3) is 10.8 Å². The molecule has 0 heterocycles. The predicted molar refractivity (Wildman–Crippen MR) is 146 cm³/mol. The number of fused-ring (bicyclic) bond motifs is 1. The minimum Gasteiger partial charge on any atom is -0.505 e. The molecule has 0 fully saturated rings. The van der Waals surface area contributed by atoms with Crippen LogP contribution in [0, 0.1) is 0 Å². The van der Waals surface area contributed by atoms with Gasteiger partial charge in [-0.05, 0) is 47.7 Å². The van der Waals surface area contributed by atoms with E-state index in [9.17, 15) is 22.9 Å². The van der Waals surface area contributed by atoms with Gasteiger partial charge in [0.25, 0.3) is 16.0 Å². The number of methoxy groups -OCH3 is 1. The Labute approximate surface area is 228 Å². The molecule has 0 saturated carbocycles. The molecule has 12 heteroatoms. The molecule has 196 valence electrons. The summed E-state index contributed by atoms with van der Waals surface area (Å²) in [4.78, 5) is 12.8. The Morgan fingerprint density at radius 2 is 1.79 bits per heavy atom. The van der Waals surface area contributed by atoms with Crippen LogP contribution in [0.15, 0.2) is 75.8 Å². The van der Waals surface area contributed by atoms with Gasteiger partial charge in [0.2, 0.25) is 0 Å². The number of aromatic hydroxyl groups is 1. The first-order chi connectivity index (χ1) is 18.0. The summed E-state index contributed by atoms with van der Waals surface area (Å²) in [5.41, 5.74) is -0.0179. The summed E-state index contributed by atoms with van der Waals surface area (Å²) in [6, 6.07) is 15.8. The fourth-order valence-corrected chi connectivity index (χ4v) is 5.29. The highest BCUT2D eigenvalue weighted by atomic mass is 35.5. The molecule has 3 N–H and O–H groups in total. The van der Waals surface area contributed by atoms with Crippen molar-refractivity contribution in [3.8, 4) is 11.5 Å². The summed E-state index contributed by atoms with van der Waals surface area (Å²) in [5, 5.41) is 23.3. The van der Waals surface area contributed by atoms with Crippen LogP contribution >= 0.6 is 23.2 Å². The van der Waals surface area contributed by atoms with E-state index in [-0.39, 0.29) is 44.7 Å². The van der Waals surface area contributed by atoms with E-state index in [1.54, 1.807) is 49.4 Å². The Morgan fingerprint density at radius 3 is 2.47 bits per heavy atom. The maximum Gasteiger partial charge on any atom is 0.297 e. The number of carbonyl (C=O) groups is 1. The highest BCUT2D eigenvalue weighted by Crippen LogP contribution is 2.41.